The van der Waals surface area contributed by atoms with Gasteiger partial charge in [0.05, 0.1) is 5.69 Å². The number of benzene rings is 2. The maximum absolute atomic E-state index is 8.67. The van der Waals surface area contributed by atoms with Crippen LogP contribution in [0.4, 0.5) is 0 Å². The van der Waals surface area contributed by atoms with Crippen molar-refractivity contribution in [3.05, 3.63) is 90.1 Å². The zero-order valence-electron chi connectivity index (χ0n) is 12.5. The van der Waals surface area contributed by atoms with Gasteiger partial charge >= 0.3 is 0 Å². The molecule has 0 N–H and O–H groups in total. The summed E-state index contributed by atoms with van der Waals surface area (Å²) >= 11 is 0. The van der Waals surface area contributed by atoms with Gasteiger partial charge in [-0.25, -0.2) is 0 Å². The van der Waals surface area contributed by atoms with Gasteiger partial charge in [-0.2, -0.15) is 0 Å². The topological polar surface area (TPSA) is 12.9 Å². The van der Waals surface area contributed by atoms with Gasteiger partial charge in [-0.3, -0.25) is 4.98 Å². The number of nitrogens with zero attached hydrogens (tertiary/aromatic N) is 1. The molecule has 1 atom stereocenters. The van der Waals surface area contributed by atoms with E-state index in [1.807, 2.05) is 79.7 Å². The Bertz CT molecular complexity index is 704. The molecule has 20 heavy (non-hydrogen) atoms. The first kappa shape index (κ1) is 11.4. The monoisotopic (exact) mass is 260 g/mol. The summed E-state index contributed by atoms with van der Waals surface area (Å²) in [6.07, 6.45) is 1.79. The van der Waals surface area contributed by atoms with Gasteiger partial charge in [0, 0.05) is 19.0 Å². The molecule has 0 amide bonds. The Morgan fingerprint density at radius 1 is 0.800 bits per heavy atom. The second kappa shape index (κ2) is 5.70. The molecule has 0 saturated carbocycles. The smallest absolute Gasteiger partial charge is 0.0701 e. The lowest BCUT2D eigenvalue weighted by molar-refractivity contribution is 0.922. The van der Waals surface area contributed by atoms with Gasteiger partial charge in [0.15, 0.2) is 0 Å². The molecule has 1 nitrogen and oxygen atoms in total. The summed E-state index contributed by atoms with van der Waals surface area (Å²) in [7, 11) is 0. The van der Waals surface area contributed by atoms with Crippen LogP contribution in [0.5, 0.6) is 0 Å². The van der Waals surface area contributed by atoms with Crippen molar-refractivity contribution in [2.24, 2.45) is 0 Å². The molecule has 1 heteroatoms. The zero-order chi connectivity index (χ0) is 14.7. The second-order valence-electron chi connectivity index (χ2n) is 4.78. The molecule has 98 valence electrons. The van der Waals surface area contributed by atoms with Gasteiger partial charge in [0.25, 0.3) is 0 Å². The molecule has 0 fully saturated rings. The lowest BCUT2D eigenvalue weighted by Crippen LogP contribution is -1.95. The van der Waals surface area contributed by atoms with Crippen LogP contribution in [-0.2, 0) is 0 Å². The highest BCUT2D eigenvalue weighted by atomic mass is 14.7. The van der Waals surface area contributed by atoms with Crippen molar-refractivity contribution in [3.63, 3.8) is 0 Å². The van der Waals surface area contributed by atoms with Gasteiger partial charge in [-0.05, 0) is 23.3 Å². The maximum atomic E-state index is 8.67. The molecule has 0 bridgehead atoms. The molecule has 1 aromatic heterocycles. The van der Waals surface area contributed by atoms with Crippen molar-refractivity contribution < 1.29 is 1.37 Å². The van der Waals surface area contributed by atoms with E-state index in [-0.39, 0.29) is 0 Å². The van der Waals surface area contributed by atoms with E-state index in [4.69, 9.17) is 1.37 Å². The number of pyridine rings is 1. The molecule has 0 saturated heterocycles. The predicted molar refractivity (Wildman–Crippen MR) is 83.6 cm³/mol. The van der Waals surface area contributed by atoms with Crippen molar-refractivity contribution in [3.8, 4) is 11.3 Å². The normalized spacial score (nSPS) is 14.3. The third-order valence-corrected chi connectivity index (χ3v) is 3.49. The fourth-order valence-corrected chi connectivity index (χ4v) is 2.28. The molecule has 0 aliphatic carbocycles. The molecule has 3 rings (SSSR count). The standard InChI is InChI=1S/C19H17N/c1-15(16-7-3-2-4-8-16)17-10-12-18(13-11-17)19-9-5-6-14-20-19/h2-15H,1H3/i15D. The Morgan fingerprint density at radius 3 is 2.10 bits per heavy atom. The van der Waals surface area contributed by atoms with E-state index < -0.39 is 5.89 Å². The van der Waals surface area contributed by atoms with Crippen LogP contribution in [0.2, 0.25) is 0 Å². The summed E-state index contributed by atoms with van der Waals surface area (Å²) in [4.78, 5) is 4.35. The molecular weight excluding hydrogens is 242 g/mol. The molecule has 3 aromatic rings. The van der Waals surface area contributed by atoms with E-state index in [2.05, 4.69) is 4.98 Å². The summed E-state index contributed by atoms with van der Waals surface area (Å²) in [6, 6.07) is 23.9. The highest BCUT2D eigenvalue weighted by Gasteiger charge is 2.08. The Labute approximate surface area is 121 Å². The van der Waals surface area contributed by atoms with Gasteiger partial charge in [0.1, 0.15) is 0 Å². The van der Waals surface area contributed by atoms with E-state index in [1.165, 1.54) is 0 Å². The summed E-state index contributed by atoms with van der Waals surface area (Å²) in [5, 5.41) is 0. The predicted octanol–water partition coefficient (Wildman–Crippen LogP) is 4.90. The van der Waals surface area contributed by atoms with Crippen LogP contribution in [-0.4, -0.2) is 4.98 Å². The van der Waals surface area contributed by atoms with Crippen molar-refractivity contribution in [1.82, 2.24) is 4.98 Å². The first-order valence-corrected chi connectivity index (χ1v) is 6.75. The van der Waals surface area contributed by atoms with E-state index in [0.29, 0.717) is 0 Å². The second-order valence-corrected chi connectivity index (χ2v) is 4.78. The van der Waals surface area contributed by atoms with Crippen LogP contribution >= 0.6 is 0 Å². The minimum Gasteiger partial charge on any atom is -0.256 e. The summed E-state index contributed by atoms with van der Waals surface area (Å²) < 4.78 is 8.67. The Kier molecular flexibility index (Phi) is 3.26. The molecule has 0 radical (unpaired) electrons. The molecule has 1 unspecified atom stereocenters. The van der Waals surface area contributed by atoms with Crippen LogP contribution in [0.3, 0.4) is 0 Å². The minimum atomic E-state index is -0.746. The first-order valence-electron chi connectivity index (χ1n) is 7.25. The average Bonchev–Trinajstić information content (AvgIpc) is 2.57. The van der Waals surface area contributed by atoms with Gasteiger partial charge < -0.3 is 0 Å². The number of rotatable bonds is 3. The van der Waals surface area contributed by atoms with Crippen LogP contribution < -0.4 is 0 Å². The highest BCUT2D eigenvalue weighted by molar-refractivity contribution is 5.59. The summed E-state index contributed by atoms with van der Waals surface area (Å²) in [5.41, 5.74) is 4.00. The van der Waals surface area contributed by atoms with Crippen molar-refractivity contribution in [2.45, 2.75) is 12.8 Å². The van der Waals surface area contributed by atoms with Crippen LogP contribution in [0, 0.1) is 0 Å². The Morgan fingerprint density at radius 2 is 1.45 bits per heavy atom. The maximum Gasteiger partial charge on any atom is 0.0701 e. The number of hydrogen-bond acceptors (Lipinski definition) is 1. The largest absolute Gasteiger partial charge is 0.256 e. The van der Waals surface area contributed by atoms with Crippen molar-refractivity contribution in [1.29, 1.82) is 0 Å². The summed E-state index contributed by atoms with van der Waals surface area (Å²) in [5.74, 6) is -0.746. The van der Waals surface area contributed by atoms with E-state index in [9.17, 15) is 0 Å². The SMILES string of the molecule is [2H]C(C)(c1ccccc1)c1ccc(-c2ccccn2)cc1. The fourth-order valence-electron chi connectivity index (χ4n) is 2.28. The van der Waals surface area contributed by atoms with Crippen LogP contribution in [0.15, 0.2) is 79.0 Å². The van der Waals surface area contributed by atoms with Crippen LogP contribution in [0.1, 0.15) is 25.3 Å². The van der Waals surface area contributed by atoms with Gasteiger partial charge in [0.2, 0.25) is 0 Å². The van der Waals surface area contributed by atoms with Gasteiger partial charge in [-0.15, -0.1) is 0 Å². The number of hydrogen-bond donors (Lipinski definition) is 0. The third kappa shape index (κ3) is 2.62. The average molecular weight is 260 g/mol. The fraction of sp³-hybridized carbons (Fsp3) is 0.105. The van der Waals surface area contributed by atoms with E-state index >= 15 is 0 Å². The van der Waals surface area contributed by atoms with E-state index in [1.54, 1.807) is 6.20 Å². The van der Waals surface area contributed by atoms with Gasteiger partial charge in [-0.1, -0.05) is 67.6 Å². The molecule has 1 heterocycles. The summed E-state index contributed by atoms with van der Waals surface area (Å²) in [6.45, 7) is 1.93. The van der Waals surface area contributed by atoms with Crippen LogP contribution in [0.25, 0.3) is 11.3 Å². The molecular formula is C19H17N. The van der Waals surface area contributed by atoms with E-state index in [0.717, 1.165) is 22.4 Å². The molecule has 0 aliphatic rings. The third-order valence-electron chi connectivity index (χ3n) is 3.49. The van der Waals surface area contributed by atoms with Crippen molar-refractivity contribution >= 4 is 0 Å². The quantitative estimate of drug-likeness (QED) is 0.652. The molecule has 0 aliphatic heterocycles. The first-order chi connectivity index (χ1) is 10.2. The Balaban J connectivity index is 1.94. The zero-order valence-corrected chi connectivity index (χ0v) is 11.5. The number of aromatic nitrogens is 1. The minimum absolute atomic E-state index is 0.746. The highest BCUT2D eigenvalue weighted by Crippen LogP contribution is 2.26. The Hall–Kier alpha value is -2.41. The van der Waals surface area contributed by atoms with Crippen molar-refractivity contribution in [2.75, 3.05) is 0 Å². The molecule has 2 aromatic carbocycles. The lowest BCUT2D eigenvalue weighted by atomic mass is 9.92. The molecule has 0 spiro atoms. The lowest BCUT2D eigenvalue weighted by Gasteiger charge is -2.13.